The Morgan fingerprint density at radius 1 is 1.40 bits per heavy atom. The van der Waals surface area contributed by atoms with Crippen LogP contribution in [0.4, 0.5) is 0 Å². The van der Waals surface area contributed by atoms with Crippen LogP contribution in [0.2, 0.25) is 0 Å². The van der Waals surface area contributed by atoms with E-state index in [2.05, 4.69) is 4.74 Å². The summed E-state index contributed by atoms with van der Waals surface area (Å²) in [7, 11) is 2.92. The molecule has 0 saturated heterocycles. The lowest BCUT2D eigenvalue weighted by molar-refractivity contribution is 0.0600. The van der Waals surface area contributed by atoms with Crippen molar-refractivity contribution in [2.45, 2.75) is 6.42 Å². The van der Waals surface area contributed by atoms with Crippen molar-refractivity contribution in [2.75, 3.05) is 20.8 Å². The molecule has 0 atom stereocenters. The molecule has 4 heteroatoms. The van der Waals surface area contributed by atoms with Gasteiger partial charge in [-0.3, -0.25) is 0 Å². The van der Waals surface area contributed by atoms with Crippen molar-refractivity contribution in [3.63, 3.8) is 0 Å². The minimum Gasteiger partial charge on any atom is -0.496 e. The summed E-state index contributed by atoms with van der Waals surface area (Å²) < 4.78 is 9.79. The summed E-state index contributed by atoms with van der Waals surface area (Å²) >= 11 is 0. The Kier molecular flexibility index (Phi) is 4.12. The quantitative estimate of drug-likeness (QED) is 0.751. The predicted molar refractivity (Wildman–Crippen MR) is 57.1 cm³/mol. The highest BCUT2D eigenvalue weighted by molar-refractivity contribution is 5.89. The van der Waals surface area contributed by atoms with Gasteiger partial charge in [0.05, 0.1) is 19.8 Å². The van der Waals surface area contributed by atoms with E-state index in [1.54, 1.807) is 19.2 Å². The molecule has 4 nitrogen and oxygen atoms in total. The Balaban J connectivity index is 3.01. The van der Waals surface area contributed by atoms with Gasteiger partial charge >= 0.3 is 5.97 Å². The third-order valence-electron chi connectivity index (χ3n) is 2.12. The Morgan fingerprint density at radius 2 is 2.13 bits per heavy atom. The summed E-state index contributed by atoms with van der Waals surface area (Å²) in [6.07, 6.45) is 0.727. The number of nitrogens with two attached hydrogens (primary N) is 1. The molecular formula is C11H15NO3. The Hall–Kier alpha value is -1.55. The van der Waals surface area contributed by atoms with Crippen molar-refractivity contribution in [3.05, 3.63) is 29.3 Å². The van der Waals surface area contributed by atoms with Crippen LogP contribution >= 0.6 is 0 Å². The summed E-state index contributed by atoms with van der Waals surface area (Å²) in [6, 6.07) is 5.20. The van der Waals surface area contributed by atoms with Crippen molar-refractivity contribution in [1.82, 2.24) is 0 Å². The third kappa shape index (κ3) is 2.70. The Labute approximate surface area is 89.0 Å². The van der Waals surface area contributed by atoms with Crippen molar-refractivity contribution in [3.8, 4) is 5.75 Å². The first-order chi connectivity index (χ1) is 7.22. The van der Waals surface area contributed by atoms with E-state index in [1.807, 2.05) is 6.07 Å². The fraction of sp³-hybridized carbons (Fsp3) is 0.364. The number of carbonyl (C=O) groups excluding carboxylic acids is 1. The second kappa shape index (κ2) is 5.36. The molecule has 0 saturated carbocycles. The standard InChI is InChI=1S/C11H15NO3/c1-14-10-7-9(11(13)15-2)4-3-8(10)5-6-12/h3-4,7H,5-6,12H2,1-2H3. The van der Waals surface area contributed by atoms with Gasteiger partial charge in [0.1, 0.15) is 5.75 Å². The van der Waals surface area contributed by atoms with Gasteiger partial charge in [0.25, 0.3) is 0 Å². The SMILES string of the molecule is COC(=O)c1ccc(CCN)c(OC)c1. The van der Waals surface area contributed by atoms with Crippen molar-refractivity contribution in [2.24, 2.45) is 5.73 Å². The largest absolute Gasteiger partial charge is 0.496 e. The van der Waals surface area contributed by atoms with E-state index in [-0.39, 0.29) is 5.97 Å². The molecule has 0 amide bonds. The van der Waals surface area contributed by atoms with E-state index in [4.69, 9.17) is 10.5 Å². The molecule has 0 bridgehead atoms. The molecule has 0 unspecified atom stereocenters. The summed E-state index contributed by atoms with van der Waals surface area (Å²) in [4.78, 5) is 11.2. The van der Waals surface area contributed by atoms with E-state index in [9.17, 15) is 4.79 Å². The van der Waals surface area contributed by atoms with Crippen LogP contribution < -0.4 is 10.5 Å². The topological polar surface area (TPSA) is 61.5 Å². The summed E-state index contributed by atoms with van der Waals surface area (Å²) in [5.41, 5.74) is 6.94. The number of hydrogen-bond donors (Lipinski definition) is 1. The molecule has 0 fully saturated rings. The van der Waals surface area contributed by atoms with E-state index in [0.717, 1.165) is 12.0 Å². The van der Waals surface area contributed by atoms with Crippen LogP contribution in [-0.4, -0.2) is 26.7 Å². The molecular weight excluding hydrogens is 194 g/mol. The van der Waals surface area contributed by atoms with Crippen molar-refractivity contribution < 1.29 is 14.3 Å². The molecule has 15 heavy (non-hydrogen) atoms. The molecule has 0 aliphatic rings. The van der Waals surface area contributed by atoms with Crippen LogP contribution in [0.5, 0.6) is 5.75 Å². The average molecular weight is 209 g/mol. The molecule has 0 aliphatic carbocycles. The van der Waals surface area contributed by atoms with Gasteiger partial charge in [0, 0.05) is 0 Å². The van der Waals surface area contributed by atoms with Gasteiger partial charge in [-0.25, -0.2) is 4.79 Å². The molecule has 2 N–H and O–H groups in total. The summed E-state index contributed by atoms with van der Waals surface area (Å²) in [5, 5.41) is 0. The highest BCUT2D eigenvalue weighted by Crippen LogP contribution is 2.20. The number of hydrogen-bond acceptors (Lipinski definition) is 4. The van der Waals surface area contributed by atoms with Crippen LogP contribution in [-0.2, 0) is 11.2 Å². The zero-order valence-electron chi connectivity index (χ0n) is 8.95. The molecule has 1 rings (SSSR count). The Bertz CT molecular complexity index is 350. The van der Waals surface area contributed by atoms with Gasteiger partial charge in [-0.15, -0.1) is 0 Å². The zero-order valence-corrected chi connectivity index (χ0v) is 8.95. The maximum atomic E-state index is 11.2. The molecule has 1 aromatic carbocycles. The lowest BCUT2D eigenvalue weighted by Crippen LogP contribution is -2.06. The van der Waals surface area contributed by atoms with Gasteiger partial charge in [-0.1, -0.05) is 6.07 Å². The molecule has 0 heterocycles. The van der Waals surface area contributed by atoms with Crippen LogP contribution in [0.15, 0.2) is 18.2 Å². The molecule has 0 aromatic heterocycles. The maximum absolute atomic E-state index is 11.2. The van der Waals surface area contributed by atoms with Gasteiger partial charge in [0.15, 0.2) is 0 Å². The van der Waals surface area contributed by atoms with Gasteiger partial charge in [0.2, 0.25) is 0 Å². The molecule has 0 radical (unpaired) electrons. The molecule has 0 aliphatic heterocycles. The van der Waals surface area contributed by atoms with Crippen molar-refractivity contribution >= 4 is 5.97 Å². The van der Waals surface area contributed by atoms with E-state index >= 15 is 0 Å². The lowest BCUT2D eigenvalue weighted by atomic mass is 10.1. The Morgan fingerprint density at radius 3 is 2.67 bits per heavy atom. The average Bonchev–Trinajstić information content (AvgIpc) is 2.29. The number of methoxy groups -OCH3 is 2. The van der Waals surface area contributed by atoms with Crippen LogP contribution in [0.25, 0.3) is 0 Å². The van der Waals surface area contributed by atoms with Gasteiger partial charge in [-0.2, -0.15) is 0 Å². The summed E-state index contributed by atoms with van der Waals surface area (Å²) in [5.74, 6) is 0.302. The number of carbonyl (C=O) groups is 1. The van der Waals surface area contributed by atoms with Crippen LogP contribution in [0.1, 0.15) is 15.9 Å². The monoisotopic (exact) mass is 209 g/mol. The van der Waals surface area contributed by atoms with E-state index in [0.29, 0.717) is 17.9 Å². The molecule has 0 spiro atoms. The highest BCUT2D eigenvalue weighted by atomic mass is 16.5. The fourth-order valence-electron chi connectivity index (χ4n) is 1.35. The van der Waals surface area contributed by atoms with E-state index in [1.165, 1.54) is 7.11 Å². The first kappa shape index (κ1) is 11.5. The normalized spacial score (nSPS) is 9.80. The van der Waals surface area contributed by atoms with Crippen molar-refractivity contribution in [1.29, 1.82) is 0 Å². The molecule has 1 aromatic rings. The molecule has 82 valence electrons. The first-order valence-corrected chi connectivity index (χ1v) is 4.68. The van der Waals surface area contributed by atoms with Gasteiger partial charge in [-0.05, 0) is 30.7 Å². The number of benzene rings is 1. The number of ether oxygens (including phenoxy) is 2. The second-order valence-electron chi connectivity index (χ2n) is 3.06. The zero-order chi connectivity index (χ0) is 11.3. The number of rotatable bonds is 4. The lowest BCUT2D eigenvalue weighted by Gasteiger charge is -2.08. The van der Waals surface area contributed by atoms with Gasteiger partial charge < -0.3 is 15.2 Å². The minimum absolute atomic E-state index is 0.368. The minimum atomic E-state index is -0.368. The summed E-state index contributed by atoms with van der Waals surface area (Å²) in [6.45, 7) is 0.550. The fourth-order valence-corrected chi connectivity index (χ4v) is 1.35. The number of esters is 1. The smallest absolute Gasteiger partial charge is 0.337 e. The maximum Gasteiger partial charge on any atom is 0.337 e. The highest BCUT2D eigenvalue weighted by Gasteiger charge is 2.09. The third-order valence-corrected chi connectivity index (χ3v) is 2.12. The van der Waals surface area contributed by atoms with E-state index < -0.39 is 0 Å². The first-order valence-electron chi connectivity index (χ1n) is 4.68. The van der Waals surface area contributed by atoms with Crippen LogP contribution in [0, 0.1) is 0 Å². The predicted octanol–water partition coefficient (Wildman–Crippen LogP) is 0.983. The van der Waals surface area contributed by atoms with Crippen LogP contribution in [0.3, 0.4) is 0 Å². The second-order valence-corrected chi connectivity index (χ2v) is 3.06.